The summed E-state index contributed by atoms with van der Waals surface area (Å²) in [5.41, 5.74) is -0.899. The van der Waals surface area contributed by atoms with E-state index in [1.165, 1.54) is 6.07 Å². The molecule has 1 aliphatic rings. The molecule has 1 heterocycles. The molecule has 178 valence electrons. The Balaban J connectivity index is 1.96. The summed E-state index contributed by atoms with van der Waals surface area (Å²) < 4.78 is 14.0. The number of nitrogens with one attached hydrogen (secondary N) is 2. The highest BCUT2D eigenvalue weighted by atomic mass is 19.1. The van der Waals surface area contributed by atoms with Crippen LogP contribution in [0.15, 0.2) is 24.4 Å². The van der Waals surface area contributed by atoms with E-state index >= 15 is 0 Å². The van der Waals surface area contributed by atoms with Crippen LogP contribution in [0.25, 0.3) is 0 Å². The summed E-state index contributed by atoms with van der Waals surface area (Å²) in [6, 6.07) is 3.47. The van der Waals surface area contributed by atoms with Crippen molar-refractivity contribution in [1.82, 2.24) is 9.97 Å². The van der Waals surface area contributed by atoms with E-state index in [9.17, 15) is 29.5 Å². The molecular weight excluding hydrogens is 435 g/mol. The summed E-state index contributed by atoms with van der Waals surface area (Å²) >= 11 is 0. The molecule has 0 radical (unpaired) electrons. The van der Waals surface area contributed by atoms with E-state index in [2.05, 4.69) is 20.6 Å². The van der Waals surface area contributed by atoms with Crippen LogP contribution in [0.4, 0.5) is 38.0 Å². The van der Waals surface area contributed by atoms with Crippen LogP contribution in [0.2, 0.25) is 0 Å². The number of aromatic nitrogens is 2. The number of rotatable bonds is 6. The van der Waals surface area contributed by atoms with Gasteiger partial charge in [0.05, 0.1) is 22.4 Å². The molecule has 0 atom stereocenters. The summed E-state index contributed by atoms with van der Waals surface area (Å²) in [4.78, 5) is 32.0. The fourth-order valence-corrected chi connectivity index (χ4v) is 3.76. The van der Waals surface area contributed by atoms with Crippen molar-refractivity contribution in [3.05, 3.63) is 40.3 Å². The van der Waals surface area contributed by atoms with Crippen molar-refractivity contribution in [2.45, 2.75) is 64.1 Å². The lowest BCUT2D eigenvalue weighted by Gasteiger charge is -2.34. The van der Waals surface area contributed by atoms with Crippen molar-refractivity contribution in [1.29, 1.82) is 0 Å². The quantitative estimate of drug-likeness (QED) is 0.364. The summed E-state index contributed by atoms with van der Waals surface area (Å²) in [6.07, 6.45) is 1.82. The first-order valence-electron chi connectivity index (χ1n) is 10.5. The predicted octanol–water partition coefficient (Wildman–Crippen LogP) is 4.27. The van der Waals surface area contributed by atoms with E-state index in [1.54, 1.807) is 20.8 Å². The molecule has 33 heavy (non-hydrogen) atoms. The molecule has 12 heteroatoms. The molecular formula is C21H27FN6O5. The van der Waals surface area contributed by atoms with E-state index in [4.69, 9.17) is 0 Å². The van der Waals surface area contributed by atoms with E-state index in [0.29, 0.717) is 25.7 Å². The van der Waals surface area contributed by atoms with Gasteiger partial charge in [0.2, 0.25) is 11.8 Å². The smallest absolute Gasteiger partial charge is 0.412 e. The van der Waals surface area contributed by atoms with Crippen LogP contribution in [-0.2, 0) is 0 Å². The predicted molar refractivity (Wildman–Crippen MR) is 121 cm³/mol. The number of hydrogen-bond donors (Lipinski definition) is 4. The Bertz CT molecular complexity index is 1040. The van der Waals surface area contributed by atoms with Gasteiger partial charge in [0.25, 0.3) is 0 Å². The second-order valence-electron chi connectivity index (χ2n) is 8.91. The number of nitrogens with zero attached hydrogens (tertiary/aromatic N) is 4. The first-order valence-corrected chi connectivity index (χ1v) is 10.5. The zero-order chi connectivity index (χ0) is 24.3. The van der Waals surface area contributed by atoms with Crippen molar-refractivity contribution in [3.8, 4) is 0 Å². The lowest BCUT2D eigenvalue weighted by Crippen LogP contribution is -2.45. The number of amides is 1. The Labute approximate surface area is 189 Å². The fraction of sp³-hybridized carbons (Fsp3) is 0.476. The topological polar surface area (TPSA) is 154 Å². The Kier molecular flexibility index (Phi) is 6.96. The third-order valence-corrected chi connectivity index (χ3v) is 5.31. The monoisotopic (exact) mass is 462 g/mol. The highest BCUT2D eigenvalue weighted by Crippen LogP contribution is 2.34. The molecule has 0 bridgehead atoms. The number of anilines is 4. The minimum atomic E-state index is -1.23. The summed E-state index contributed by atoms with van der Waals surface area (Å²) in [6.45, 7) is 5.08. The highest BCUT2D eigenvalue weighted by molar-refractivity contribution is 5.93. The third-order valence-electron chi connectivity index (χ3n) is 5.31. The number of carboxylic acid groups (broad SMARTS) is 1. The number of carbonyl (C=O) groups is 1. The maximum absolute atomic E-state index is 14.0. The maximum Gasteiger partial charge on any atom is 0.412 e. The molecule has 0 spiro atoms. The zero-order valence-corrected chi connectivity index (χ0v) is 18.6. The summed E-state index contributed by atoms with van der Waals surface area (Å²) in [5.74, 6) is -0.686. The average molecular weight is 462 g/mol. The molecule has 1 aromatic carbocycles. The zero-order valence-electron chi connectivity index (χ0n) is 18.6. The standard InChI is InChI=1S/C21H27FN6O5/c1-21(2,3)27(20(30)31)16-9-4-12(22)10-15(16)25-19-23-11-17(28(32)33)18(26-19)24-13-5-7-14(29)8-6-13/h4,9-11,13-14,29H,5-8H2,1-3H3,(H,30,31)(H2,23,24,25,26). The van der Waals surface area contributed by atoms with Crippen LogP contribution in [0.3, 0.4) is 0 Å². The molecule has 1 saturated carbocycles. The van der Waals surface area contributed by atoms with Crippen molar-refractivity contribution in [2.24, 2.45) is 0 Å². The Morgan fingerprint density at radius 3 is 2.52 bits per heavy atom. The van der Waals surface area contributed by atoms with Gasteiger partial charge < -0.3 is 20.8 Å². The van der Waals surface area contributed by atoms with Crippen molar-refractivity contribution < 1.29 is 24.3 Å². The summed E-state index contributed by atoms with van der Waals surface area (Å²) in [5, 5.41) is 36.7. The molecule has 4 N–H and O–H groups in total. The van der Waals surface area contributed by atoms with Crippen LogP contribution >= 0.6 is 0 Å². The number of nitro groups is 1. The van der Waals surface area contributed by atoms with Gasteiger partial charge in [-0.3, -0.25) is 15.0 Å². The fourth-order valence-electron chi connectivity index (χ4n) is 3.76. The van der Waals surface area contributed by atoms with Gasteiger partial charge >= 0.3 is 11.8 Å². The van der Waals surface area contributed by atoms with Gasteiger partial charge in [-0.1, -0.05) is 0 Å². The first kappa shape index (κ1) is 24.1. The molecule has 0 saturated heterocycles. The minimum Gasteiger partial charge on any atom is -0.465 e. The molecule has 2 aromatic rings. The van der Waals surface area contributed by atoms with Gasteiger partial charge in [0.1, 0.15) is 12.0 Å². The van der Waals surface area contributed by atoms with Gasteiger partial charge in [-0.25, -0.2) is 14.2 Å². The Hall–Kier alpha value is -3.54. The van der Waals surface area contributed by atoms with Crippen LogP contribution in [0.1, 0.15) is 46.5 Å². The number of aliphatic hydroxyl groups excluding tert-OH is 1. The lowest BCUT2D eigenvalue weighted by molar-refractivity contribution is -0.384. The SMILES string of the molecule is CC(C)(C)N(C(=O)O)c1ccc(F)cc1Nc1ncc([N+](=O)[O-])c(NC2CCC(O)CC2)n1. The molecule has 1 fully saturated rings. The van der Waals surface area contributed by atoms with E-state index in [0.717, 1.165) is 23.2 Å². The molecule has 3 rings (SSSR count). The normalized spacial score (nSPS) is 18.5. The number of halogens is 1. The van der Waals surface area contributed by atoms with Gasteiger partial charge in [0.15, 0.2) is 0 Å². The number of benzene rings is 1. The van der Waals surface area contributed by atoms with Crippen molar-refractivity contribution in [2.75, 3.05) is 15.5 Å². The van der Waals surface area contributed by atoms with Gasteiger partial charge in [-0.2, -0.15) is 4.98 Å². The molecule has 0 aliphatic heterocycles. The highest BCUT2D eigenvalue weighted by Gasteiger charge is 2.30. The van der Waals surface area contributed by atoms with Crippen LogP contribution < -0.4 is 15.5 Å². The van der Waals surface area contributed by atoms with Crippen LogP contribution in [0.5, 0.6) is 0 Å². The van der Waals surface area contributed by atoms with E-state index < -0.39 is 22.4 Å². The Morgan fingerprint density at radius 1 is 1.27 bits per heavy atom. The van der Waals surface area contributed by atoms with E-state index in [-0.39, 0.29) is 41.0 Å². The molecule has 1 aliphatic carbocycles. The first-order chi connectivity index (χ1) is 15.5. The van der Waals surface area contributed by atoms with Gasteiger partial charge in [-0.05, 0) is 64.7 Å². The molecule has 1 aromatic heterocycles. The molecule has 0 unspecified atom stereocenters. The average Bonchev–Trinajstić information content (AvgIpc) is 2.70. The Morgan fingerprint density at radius 2 is 1.94 bits per heavy atom. The molecule has 11 nitrogen and oxygen atoms in total. The third kappa shape index (κ3) is 5.83. The second-order valence-corrected chi connectivity index (χ2v) is 8.91. The van der Waals surface area contributed by atoms with Gasteiger partial charge in [0, 0.05) is 11.6 Å². The minimum absolute atomic E-state index is 0.0113. The van der Waals surface area contributed by atoms with Crippen LogP contribution in [0, 0.1) is 15.9 Å². The number of hydrogen-bond acceptors (Lipinski definition) is 8. The lowest BCUT2D eigenvalue weighted by atomic mass is 9.93. The number of aliphatic hydroxyl groups is 1. The molecule has 1 amide bonds. The van der Waals surface area contributed by atoms with Crippen molar-refractivity contribution in [3.63, 3.8) is 0 Å². The van der Waals surface area contributed by atoms with Crippen LogP contribution in [-0.4, -0.2) is 48.9 Å². The second kappa shape index (κ2) is 9.53. The van der Waals surface area contributed by atoms with Gasteiger partial charge in [-0.15, -0.1) is 0 Å². The maximum atomic E-state index is 14.0. The summed E-state index contributed by atoms with van der Waals surface area (Å²) in [7, 11) is 0. The van der Waals surface area contributed by atoms with Crippen molar-refractivity contribution >= 4 is 34.9 Å². The largest absolute Gasteiger partial charge is 0.465 e. The van der Waals surface area contributed by atoms with E-state index in [1.807, 2.05) is 0 Å².